The quantitative estimate of drug-likeness (QED) is 0.450. The molecule has 5 aromatic rings. The van der Waals surface area contributed by atoms with E-state index in [2.05, 4.69) is 15.1 Å². The van der Waals surface area contributed by atoms with E-state index in [9.17, 15) is 14.0 Å². The van der Waals surface area contributed by atoms with Crippen LogP contribution in [0.5, 0.6) is 0 Å². The van der Waals surface area contributed by atoms with E-state index in [1.807, 2.05) is 32.0 Å². The maximum atomic E-state index is 14.0. The van der Waals surface area contributed by atoms with Gasteiger partial charge in [-0.25, -0.2) is 9.18 Å². The van der Waals surface area contributed by atoms with E-state index in [0.717, 1.165) is 15.7 Å². The molecule has 3 aromatic carbocycles. The molecule has 0 aliphatic heterocycles. The summed E-state index contributed by atoms with van der Waals surface area (Å²) in [6.07, 6.45) is 0. The Kier molecular flexibility index (Phi) is 4.97. The average molecular weight is 442 g/mol. The molecular formula is C25H19FN4O3. The van der Waals surface area contributed by atoms with Crippen LogP contribution in [-0.4, -0.2) is 19.7 Å². The summed E-state index contributed by atoms with van der Waals surface area (Å²) in [4.78, 5) is 32.7. The predicted molar refractivity (Wildman–Crippen MR) is 123 cm³/mol. The van der Waals surface area contributed by atoms with E-state index in [-0.39, 0.29) is 18.0 Å². The van der Waals surface area contributed by atoms with Gasteiger partial charge in [0.05, 0.1) is 17.4 Å². The fourth-order valence-electron chi connectivity index (χ4n) is 3.67. The highest BCUT2D eigenvalue weighted by molar-refractivity contribution is 5.82. The van der Waals surface area contributed by atoms with Crippen molar-refractivity contribution in [1.29, 1.82) is 0 Å². The zero-order chi connectivity index (χ0) is 23.1. The first-order valence-corrected chi connectivity index (χ1v) is 10.3. The van der Waals surface area contributed by atoms with Gasteiger partial charge in [0.15, 0.2) is 0 Å². The van der Waals surface area contributed by atoms with Crippen LogP contribution >= 0.6 is 0 Å². The molecular weight excluding hydrogens is 423 g/mol. The van der Waals surface area contributed by atoms with E-state index < -0.39 is 17.1 Å². The number of H-pyrrole nitrogens is 1. The summed E-state index contributed by atoms with van der Waals surface area (Å²) in [5, 5.41) is 4.35. The molecule has 0 radical (unpaired) electrons. The number of aryl methyl sites for hydroxylation is 2. The fourth-order valence-corrected chi connectivity index (χ4v) is 3.67. The standard InChI is InChI=1S/C25H19FN4O3/c1-14-7-8-16(11-15(14)2)22-28-23(33-29-22)17-9-10-19-21(12-17)27-25(32)30(24(19)31)13-18-5-3-4-6-20(18)26/h3-12H,13H2,1-2H3,(H,27,32). The molecule has 0 unspecified atom stereocenters. The highest BCUT2D eigenvalue weighted by Gasteiger charge is 2.15. The predicted octanol–water partition coefficient (Wildman–Crippen LogP) is 4.21. The molecule has 0 bridgehead atoms. The Morgan fingerprint density at radius 1 is 0.970 bits per heavy atom. The van der Waals surface area contributed by atoms with Gasteiger partial charge in [-0.05, 0) is 55.3 Å². The van der Waals surface area contributed by atoms with Crippen molar-refractivity contribution < 1.29 is 8.91 Å². The number of aromatic amines is 1. The van der Waals surface area contributed by atoms with E-state index in [1.54, 1.807) is 30.3 Å². The summed E-state index contributed by atoms with van der Waals surface area (Å²) in [5.74, 6) is 0.235. The van der Waals surface area contributed by atoms with Crippen molar-refractivity contribution in [3.63, 3.8) is 0 Å². The minimum Gasteiger partial charge on any atom is -0.334 e. The first kappa shape index (κ1) is 20.6. The van der Waals surface area contributed by atoms with Crippen LogP contribution in [0.2, 0.25) is 0 Å². The second-order valence-electron chi connectivity index (χ2n) is 7.90. The van der Waals surface area contributed by atoms with Gasteiger partial charge in [0.2, 0.25) is 5.82 Å². The molecule has 0 saturated heterocycles. The van der Waals surface area contributed by atoms with Crippen LogP contribution in [0.25, 0.3) is 33.7 Å². The van der Waals surface area contributed by atoms with Gasteiger partial charge in [-0.2, -0.15) is 4.98 Å². The monoisotopic (exact) mass is 442 g/mol. The topological polar surface area (TPSA) is 93.8 Å². The van der Waals surface area contributed by atoms with Gasteiger partial charge in [-0.3, -0.25) is 9.36 Å². The molecule has 0 spiro atoms. The molecule has 7 nitrogen and oxygen atoms in total. The number of benzene rings is 3. The average Bonchev–Trinajstić information content (AvgIpc) is 3.29. The highest BCUT2D eigenvalue weighted by Crippen LogP contribution is 2.25. The SMILES string of the molecule is Cc1ccc(-c2noc(-c3ccc4c(=O)n(Cc5ccccc5F)c(=O)[nH]c4c3)n2)cc1C. The van der Waals surface area contributed by atoms with Gasteiger partial charge in [0.1, 0.15) is 5.82 Å². The number of fused-ring (bicyclic) bond motifs is 1. The van der Waals surface area contributed by atoms with Crippen molar-refractivity contribution in [3.8, 4) is 22.8 Å². The maximum absolute atomic E-state index is 14.0. The van der Waals surface area contributed by atoms with E-state index in [0.29, 0.717) is 22.3 Å². The highest BCUT2D eigenvalue weighted by atomic mass is 19.1. The Hall–Kier alpha value is -4.33. The molecule has 8 heteroatoms. The van der Waals surface area contributed by atoms with Gasteiger partial charge in [-0.15, -0.1) is 0 Å². The molecule has 2 aromatic heterocycles. The lowest BCUT2D eigenvalue weighted by Gasteiger charge is -2.08. The van der Waals surface area contributed by atoms with Gasteiger partial charge in [0, 0.05) is 16.7 Å². The summed E-state index contributed by atoms with van der Waals surface area (Å²) in [6, 6.07) is 16.8. The van der Waals surface area contributed by atoms with Crippen LogP contribution in [0.4, 0.5) is 4.39 Å². The Morgan fingerprint density at radius 3 is 2.55 bits per heavy atom. The van der Waals surface area contributed by atoms with E-state index in [1.165, 1.54) is 17.7 Å². The van der Waals surface area contributed by atoms with E-state index >= 15 is 0 Å². The zero-order valence-electron chi connectivity index (χ0n) is 17.9. The van der Waals surface area contributed by atoms with Crippen molar-refractivity contribution >= 4 is 10.9 Å². The van der Waals surface area contributed by atoms with Crippen LogP contribution in [0.15, 0.2) is 74.8 Å². The molecule has 0 atom stereocenters. The summed E-state index contributed by atoms with van der Waals surface area (Å²) in [7, 11) is 0. The number of nitrogens with one attached hydrogen (secondary N) is 1. The van der Waals surface area contributed by atoms with E-state index in [4.69, 9.17) is 4.52 Å². The lowest BCUT2D eigenvalue weighted by Crippen LogP contribution is -2.35. The minimum absolute atomic E-state index is 0.165. The van der Waals surface area contributed by atoms with Crippen molar-refractivity contribution in [2.75, 3.05) is 0 Å². The molecule has 164 valence electrons. The third kappa shape index (κ3) is 3.76. The van der Waals surface area contributed by atoms with Gasteiger partial charge in [-0.1, -0.05) is 35.5 Å². The van der Waals surface area contributed by atoms with Crippen LogP contribution in [0, 0.1) is 19.7 Å². The van der Waals surface area contributed by atoms with Crippen molar-refractivity contribution in [2.45, 2.75) is 20.4 Å². The Bertz CT molecular complexity index is 1630. The third-order valence-electron chi connectivity index (χ3n) is 5.71. The Morgan fingerprint density at radius 2 is 1.76 bits per heavy atom. The maximum Gasteiger partial charge on any atom is 0.329 e. The first-order chi connectivity index (χ1) is 15.9. The number of hydrogen-bond acceptors (Lipinski definition) is 5. The van der Waals surface area contributed by atoms with Crippen molar-refractivity contribution in [2.24, 2.45) is 0 Å². The fraction of sp³-hybridized carbons (Fsp3) is 0.120. The molecule has 1 N–H and O–H groups in total. The van der Waals surface area contributed by atoms with Crippen LogP contribution < -0.4 is 11.2 Å². The number of halogens is 1. The molecule has 0 aliphatic carbocycles. The normalized spacial score (nSPS) is 11.2. The molecule has 0 fully saturated rings. The first-order valence-electron chi connectivity index (χ1n) is 10.3. The summed E-state index contributed by atoms with van der Waals surface area (Å²) in [6.45, 7) is 3.88. The molecule has 0 amide bonds. The molecule has 0 saturated carbocycles. The molecule has 0 aliphatic rings. The van der Waals surface area contributed by atoms with Gasteiger partial charge in [0.25, 0.3) is 11.4 Å². The lowest BCUT2D eigenvalue weighted by atomic mass is 10.1. The van der Waals surface area contributed by atoms with Crippen molar-refractivity contribution in [3.05, 3.63) is 104 Å². The zero-order valence-corrected chi connectivity index (χ0v) is 17.9. The van der Waals surface area contributed by atoms with Gasteiger partial charge >= 0.3 is 5.69 Å². The third-order valence-corrected chi connectivity index (χ3v) is 5.71. The number of nitrogens with zero attached hydrogens (tertiary/aromatic N) is 3. The van der Waals surface area contributed by atoms with Crippen LogP contribution in [0.3, 0.4) is 0 Å². The molecule has 5 rings (SSSR count). The smallest absolute Gasteiger partial charge is 0.329 e. The summed E-state index contributed by atoms with van der Waals surface area (Å²) >= 11 is 0. The number of hydrogen-bond donors (Lipinski definition) is 1. The summed E-state index contributed by atoms with van der Waals surface area (Å²) in [5.41, 5.74) is 3.13. The lowest BCUT2D eigenvalue weighted by molar-refractivity contribution is 0.432. The second-order valence-corrected chi connectivity index (χ2v) is 7.90. The Balaban J connectivity index is 1.53. The largest absolute Gasteiger partial charge is 0.334 e. The Labute approximate surface area is 187 Å². The molecule has 33 heavy (non-hydrogen) atoms. The van der Waals surface area contributed by atoms with Crippen molar-refractivity contribution in [1.82, 2.24) is 19.7 Å². The van der Waals surface area contributed by atoms with Gasteiger partial charge < -0.3 is 9.51 Å². The summed E-state index contributed by atoms with van der Waals surface area (Å²) < 4.78 is 20.4. The van der Waals surface area contributed by atoms with Crippen LogP contribution in [0.1, 0.15) is 16.7 Å². The number of rotatable bonds is 4. The second kappa shape index (κ2) is 7.98. The molecule has 2 heterocycles. The van der Waals surface area contributed by atoms with Crippen LogP contribution in [-0.2, 0) is 6.54 Å². The minimum atomic E-state index is -0.630. The number of aromatic nitrogens is 4.